The molecule has 2 atom stereocenters. The number of piperazine rings is 1. The molecule has 2 heterocycles. The molecular formula is C12H20N2O. The second kappa shape index (κ2) is 3.97. The van der Waals surface area contributed by atoms with Crippen LogP contribution in [0.4, 0.5) is 0 Å². The maximum absolute atomic E-state index is 11.7. The van der Waals surface area contributed by atoms with Crippen LogP contribution in [0.5, 0.6) is 0 Å². The van der Waals surface area contributed by atoms with Crippen LogP contribution in [0, 0.1) is 0 Å². The molecule has 2 fully saturated rings. The first-order valence-corrected chi connectivity index (χ1v) is 5.82. The fourth-order valence-electron chi connectivity index (χ4n) is 2.82. The van der Waals surface area contributed by atoms with Crippen LogP contribution in [0.3, 0.4) is 0 Å². The van der Waals surface area contributed by atoms with E-state index >= 15 is 0 Å². The van der Waals surface area contributed by atoms with E-state index in [-0.39, 0.29) is 5.91 Å². The van der Waals surface area contributed by atoms with Crippen molar-refractivity contribution in [1.82, 2.24) is 9.80 Å². The van der Waals surface area contributed by atoms with Gasteiger partial charge in [-0.3, -0.25) is 9.69 Å². The highest BCUT2D eigenvalue weighted by molar-refractivity contribution is 5.87. The third kappa shape index (κ3) is 1.81. The molecule has 0 N–H and O–H groups in total. The van der Waals surface area contributed by atoms with E-state index in [4.69, 9.17) is 0 Å². The smallest absolute Gasteiger partial charge is 0.246 e. The number of amides is 1. The number of hydrogen-bond acceptors (Lipinski definition) is 2. The van der Waals surface area contributed by atoms with Crippen LogP contribution >= 0.6 is 0 Å². The molecule has 0 spiro atoms. The van der Waals surface area contributed by atoms with E-state index in [0.717, 1.165) is 25.9 Å². The molecule has 0 radical (unpaired) electrons. The highest BCUT2D eigenvalue weighted by atomic mass is 16.2. The topological polar surface area (TPSA) is 23.6 Å². The molecule has 3 heteroatoms. The van der Waals surface area contributed by atoms with E-state index in [2.05, 4.69) is 25.3 Å². The van der Waals surface area contributed by atoms with Crippen molar-refractivity contribution < 1.29 is 4.79 Å². The summed E-state index contributed by atoms with van der Waals surface area (Å²) in [7, 11) is 0. The van der Waals surface area contributed by atoms with Gasteiger partial charge in [0.2, 0.25) is 5.91 Å². The van der Waals surface area contributed by atoms with E-state index in [9.17, 15) is 4.79 Å². The van der Waals surface area contributed by atoms with E-state index in [0.29, 0.717) is 18.1 Å². The first-order valence-electron chi connectivity index (χ1n) is 5.82. The summed E-state index contributed by atoms with van der Waals surface area (Å²) in [6.45, 7) is 10.1. The largest absolute Gasteiger partial charge is 0.331 e. The molecule has 2 unspecified atom stereocenters. The molecule has 84 valence electrons. The molecule has 15 heavy (non-hydrogen) atoms. The lowest BCUT2D eigenvalue weighted by atomic mass is 10.1. The van der Waals surface area contributed by atoms with Gasteiger partial charge in [0.25, 0.3) is 0 Å². The minimum atomic E-state index is 0.117. The van der Waals surface area contributed by atoms with Crippen molar-refractivity contribution in [3.8, 4) is 0 Å². The summed E-state index contributed by atoms with van der Waals surface area (Å²) < 4.78 is 0. The molecule has 0 saturated carbocycles. The quantitative estimate of drug-likeness (QED) is 0.638. The third-order valence-electron chi connectivity index (χ3n) is 3.67. The molecular weight excluding hydrogens is 188 g/mol. The normalized spacial score (nSPS) is 31.0. The van der Waals surface area contributed by atoms with Gasteiger partial charge in [-0.05, 0) is 32.8 Å². The number of nitrogens with zero attached hydrogens (tertiary/aromatic N) is 2. The van der Waals surface area contributed by atoms with Crippen LogP contribution in [0.1, 0.15) is 26.7 Å². The fourth-order valence-corrected chi connectivity index (χ4v) is 2.82. The molecule has 0 aromatic carbocycles. The summed E-state index contributed by atoms with van der Waals surface area (Å²) in [5.41, 5.74) is 0. The Labute approximate surface area is 91.7 Å². The highest BCUT2D eigenvalue weighted by Crippen LogP contribution is 2.31. The molecule has 2 bridgehead atoms. The van der Waals surface area contributed by atoms with Gasteiger partial charge >= 0.3 is 0 Å². The van der Waals surface area contributed by atoms with Gasteiger partial charge in [-0.1, -0.05) is 6.58 Å². The number of rotatable bonds is 2. The van der Waals surface area contributed by atoms with Crippen LogP contribution in [-0.4, -0.2) is 46.9 Å². The number of hydrogen-bond donors (Lipinski definition) is 0. The minimum absolute atomic E-state index is 0.117. The first-order chi connectivity index (χ1) is 7.13. The zero-order valence-corrected chi connectivity index (χ0v) is 9.65. The summed E-state index contributed by atoms with van der Waals surface area (Å²) >= 11 is 0. The van der Waals surface area contributed by atoms with E-state index in [1.807, 2.05) is 4.90 Å². The SMILES string of the molecule is C=CC(=O)N1C2CCC1CN(C(C)C)C2. The molecule has 0 aliphatic carbocycles. The van der Waals surface area contributed by atoms with Gasteiger partial charge in [0.1, 0.15) is 0 Å². The van der Waals surface area contributed by atoms with E-state index in [1.165, 1.54) is 6.08 Å². The summed E-state index contributed by atoms with van der Waals surface area (Å²) in [4.78, 5) is 16.2. The van der Waals surface area contributed by atoms with Crippen molar-refractivity contribution in [3.63, 3.8) is 0 Å². The molecule has 3 nitrogen and oxygen atoms in total. The Morgan fingerprint density at radius 1 is 1.33 bits per heavy atom. The average Bonchev–Trinajstić information content (AvgIpc) is 2.47. The Morgan fingerprint density at radius 2 is 1.87 bits per heavy atom. The van der Waals surface area contributed by atoms with Gasteiger partial charge < -0.3 is 4.90 Å². The highest BCUT2D eigenvalue weighted by Gasteiger charge is 2.41. The predicted molar refractivity (Wildman–Crippen MR) is 60.6 cm³/mol. The van der Waals surface area contributed by atoms with Gasteiger partial charge in [-0.25, -0.2) is 0 Å². The van der Waals surface area contributed by atoms with Gasteiger partial charge in [0.15, 0.2) is 0 Å². The fraction of sp³-hybridized carbons (Fsp3) is 0.750. The van der Waals surface area contributed by atoms with E-state index < -0.39 is 0 Å². The van der Waals surface area contributed by atoms with Crippen molar-refractivity contribution >= 4 is 5.91 Å². The average molecular weight is 208 g/mol. The summed E-state index contributed by atoms with van der Waals surface area (Å²) in [6, 6.07) is 1.45. The van der Waals surface area contributed by atoms with E-state index in [1.54, 1.807) is 0 Å². The van der Waals surface area contributed by atoms with Gasteiger partial charge in [-0.2, -0.15) is 0 Å². The first kappa shape index (κ1) is 10.7. The molecule has 0 aromatic rings. The molecule has 2 rings (SSSR count). The Morgan fingerprint density at radius 3 is 2.27 bits per heavy atom. The maximum Gasteiger partial charge on any atom is 0.246 e. The summed E-state index contributed by atoms with van der Waals surface area (Å²) in [6.07, 6.45) is 3.78. The van der Waals surface area contributed by atoms with Gasteiger partial charge in [0, 0.05) is 31.2 Å². The lowest BCUT2D eigenvalue weighted by molar-refractivity contribution is -0.132. The van der Waals surface area contributed by atoms with Crippen molar-refractivity contribution in [1.29, 1.82) is 0 Å². The predicted octanol–water partition coefficient (Wildman–Crippen LogP) is 1.26. The molecule has 0 aromatic heterocycles. The Hall–Kier alpha value is -0.830. The number of likely N-dealkylation sites (tertiary alicyclic amines) is 1. The van der Waals surface area contributed by atoms with Crippen molar-refractivity contribution in [2.45, 2.75) is 44.8 Å². The zero-order valence-electron chi connectivity index (χ0n) is 9.65. The van der Waals surface area contributed by atoms with Crippen LogP contribution in [0.25, 0.3) is 0 Å². The minimum Gasteiger partial charge on any atom is -0.331 e. The van der Waals surface area contributed by atoms with Crippen LogP contribution in [0.15, 0.2) is 12.7 Å². The monoisotopic (exact) mass is 208 g/mol. The summed E-state index contributed by atoms with van der Waals surface area (Å²) in [5.74, 6) is 0.117. The Balaban J connectivity index is 2.09. The lowest BCUT2D eigenvalue weighted by Crippen LogP contribution is -2.56. The van der Waals surface area contributed by atoms with Crippen molar-refractivity contribution in [2.24, 2.45) is 0 Å². The van der Waals surface area contributed by atoms with Crippen LogP contribution in [-0.2, 0) is 4.79 Å². The third-order valence-corrected chi connectivity index (χ3v) is 3.67. The second-order valence-electron chi connectivity index (χ2n) is 4.88. The number of fused-ring (bicyclic) bond motifs is 2. The Kier molecular flexibility index (Phi) is 2.83. The van der Waals surface area contributed by atoms with Gasteiger partial charge in [0.05, 0.1) is 0 Å². The van der Waals surface area contributed by atoms with Crippen molar-refractivity contribution in [2.75, 3.05) is 13.1 Å². The van der Waals surface area contributed by atoms with Crippen molar-refractivity contribution in [3.05, 3.63) is 12.7 Å². The maximum atomic E-state index is 11.7. The Bertz CT molecular complexity index is 261. The molecule has 1 amide bonds. The van der Waals surface area contributed by atoms with Crippen LogP contribution < -0.4 is 0 Å². The standard InChI is InChI=1S/C12H20N2O/c1-4-12(15)14-10-5-6-11(14)8-13(7-10)9(2)3/h4,9-11H,1,5-8H2,2-3H3. The summed E-state index contributed by atoms with van der Waals surface area (Å²) in [5, 5.41) is 0. The van der Waals surface area contributed by atoms with Crippen LogP contribution in [0.2, 0.25) is 0 Å². The second-order valence-corrected chi connectivity index (χ2v) is 4.88. The molecule has 2 aliphatic rings. The molecule has 2 aliphatic heterocycles. The number of carbonyl (C=O) groups excluding carboxylic acids is 1. The lowest BCUT2D eigenvalue weighted by Gasteiger charge is -2.42. The zero-order chi connectivity index (χ0) is 11.0. The number of carbonyl (C=O) groups is 1. The van der Waals surface area contributed by atoms with Gasteiger partial charge in [-0.15, -0.1) is 0 Å². The molecule has 2 saturated heterocycles.